The highest BCUT2D eigenvalue weighted by Crippen LogP contribution is 2.34. The summed E-state index contributed by atoms with van der Waals surface area (Å²) in [5.74, 6) is 0.375. The molecule has 2 aromatic heterocycles. The van der Waals surface area contributed by atoms with Gasteiger partial charge in [-0.2, -0.15) is 18.3 Å². The number of aromatic amines is 1. The van der Waals surface area contributed by atoms with E-state index in [1.807, 2.05) is 0 Å². The summed E-state index contributed by atoms with van der Waals surface area (Å²) in [4.78, 5) is 22.6. The Morgan fingerprint density at radius 1 is 1.27 bits per heavy atom. The van der Waals surface area contributed by atoms with Crippen molar-refractivity contribution in [2.75, 3.05) is 30.3 Å². The van der Waals surface area contributed by atoms with Crippen LogP contribution in [0.1, 0.15) is 18.4 Å². The number of piperidine rings is 1. The van der Waals surface area contributed by atoms with E-state index in [-0.39, 0.29) is 24.2 Å². The first-order valence-electron chi connectivity index (χ1n) is 9.50. The maximum atomic E-state index is 13.1. The van der Waals surface area contributed by atoms with Gasteiger partial charge < -0.3 is 15.5 Å². The molecule has 1 fully saturated rings. The Kier molecular flexibility index (Phi) is 5.42. The Morgan fingerprint density at radius 2 is 2.10 bits per heavy atom. The number of anilines is 2. The largest absolute Gasteiger partial charge is 0.418 e. The van der Waals surface area contributed by atoms with Crippen LogP contribution in [0.5, 0.6) is 0 Å². The minimum absolute atomic E-state index is 0.0295. The summed E-state index contributed by atoms with van der Waals surface area (Å²) in [5, 5.41) is 13.4. The lowest BCUT2D eigenvalue weighted by Crippen LogP contribution is -2.47. The van der Waals surface area contributed by atoms with Crippen LogP contribution in [0.2, 0.25) is 0 Å². The predicted molar refractivity (Wildman–Crippen MR) is 105 cm³/mol. The van der Waals surface area contributed by atoms with Gasteiger partial charge >= 0.3 is 6.18 Å². The monoisotopic (exact) mass is 419 g/mol. The number of carbonyl (C=O) groups excluding carboxylic acids is 1. The SMILES string of the molecule is O=C(CNc1ccccc1C(F)(F)F)N1CCC[C@H](Nc2ncnc3[nH]ncc23)C1. The molecule has 1 amide bonds. The number of fused-ring (bicyclic) bond motifs is 1. The summed E-state index contributed by atoms with van der Waals surface area (Å²) in [6.45, 7) is 0.786. The number of H-pyrrole nitrogens is 1. The van der Waals surface area contributed by atoms with Crippen LogP contribution < -0.4 is 10.6 Å². The van der Waals surface area contributed by atoms with Gasteiger partial charge in [0.05, 0.1) is 23.7 Å². The van der Waals surface area contributed by atoms with Crippen molar-refractivity contribution in [2.45, 2.75) is 25.1 Å². The van der Waals surface area contributed by atoms with E-state index in [1.165, 1.54) is 24.5 Å². The molecule has 3 heterocycles. The number of rotatable bonds is 5. The standard InChI is InChI=1S/C19H20F3N7O/c20-19(21,22)14-5-1-2-6-15(14)23-9-16(30)29-7-3-4-12(10-29)27-17-13-8-26-28-18(13)25-11-24-17/h1-2,5-6,8,11-12,23H,3-4,7,9-10H2,(H2,24,25,26,27,28)/t12-/m0/s1. The summed E-state index contributed by atoms with van der Waals surface area (Å²) in [6, 6.07) is 5.11. The minimum Gasteiger partial charge on any atom is -0.376 e. The maximum absolute atomic E-state index is 13.1. The number of aromatic nitrogens is 4. The number of likely N-dealkylation sites (tertiary alicyclic amines) is 1. The van der Waals surface area contributed by atoms with Crippen molar-refractivity contribution in [3.63, 3.8) is 0 Å². The van der Waals surface area contributed by atoms with Crippen LogP contribution in [0, 0.1) is 0 Å². The molecule has 1 aliphatic heterocycles. The molecule has 11 heteroatoms. The molecule has 30 heavy (non-hydrogen) atoms. The highest BCUT2D eigenvalue weighted by atomic mass is 19.4. The van der Waals surface area contributed by atoms with Gasteiger partial charge in [0, 0.05) is 24.8 Å². The third-order valence-electron chi connectivity index (χ3n) is 5.03. The van der Waals surface area contributed by atoms with Crippen molar-refractivity contribution in [1.82, 2.24) is 25.1 Å². The quantitative estimate of drug-likeness (QED) is 0.588. The van der Waals surface area contributed by atoms with Gasteiger partial charge in [-0.05, 0) is 25.0 Å². The maximum Gasteiger partial charge on any atom is 0.418 e. The van der Waals surface area contributed by atoms with Crippen LogP contribution in [0.25, 0.3) is 11.0 Å². The number of hydrogen-bond acceptors (Lipinski definition) is 6. The van der Waals surface area contributed by atoms with E-state index < -0.39 is 11.7 Å². The fourth-order valence-electron chi connectivity index (χ4n) is 3.56. The number of nitrogens with zero attached hydrogens (tertiary/aromatic N) is 4. The number of carbonyl (C=O) groups is 1. The smallest absolute Gasteiger partial charge is 0.376 e. The molecule has 3 N–H and O–H groups in total. The van der Waals surface area contributed by atoms with Gasteiger partial charge in [-0.25, -0.2) is 9.97 Å². The van der Waals surface area contributed by atoms with E-state index in [0.717, 1.165) is 24.3 Å². The summed E-state index contributed by atoms with van der Waals surface area (Å²) in [5.41, 5.74) is -0.277. The molecule has 1 saturated heterocycles. The number of benzene rings is 1. The Morgan fingerprint density at radius 3 is 2.93 bits per heavy atom. The molecule has 0 spiro atoms. The van der Waals surface area contributed by atoms with Crippen molar-refractivity contribution >= 4 is 28.4 Å². The van der Waals surface area contributed by atoms with Crippen LogP contribution in [-0.4, -0.2) is 56.6 Å². The fourth-order valence-corrected chi connectivity index (χ4v) is 3.56. The number of para-hydroxylation sites is 1. The minimum atomic E-state index is -4.48. The second-order valence-electron chi connectivity index (χ2n) is 7.07. The predicted octanol–water partition coefficient (Wildman–Crippen LogP) is 2.89. The summed E-state index contributed by atoms with van der Waals surface area (Å²) in [6.07, 6.45) is 0.199. The molecule has 0 bridgehead atoms. The van der Waals surface area contributed by atoms with Gasteiger partial charge in [0.25, 0.3) is 0 Å². The zero-order valence-electron chi connectivity index (χ0n) is 15.9. The third-order valence-corrected chi connectivity index (χ3v) is 5.03. The molecule has 1 atom stereocenters. The van der Waals surface area contributed by atoms with Gasteiger partial charge in [0.1, 0.15) is 12.1 Å². The van der Waals surface area contributed by atoms with Crippen LogP contribution in [0.15, 0.2) is 36.8 Å². The van der Waals surface area contributed by atoms with E-state index in [9.17, 15) is 18.0 Å². The van der Waals surface area contributed by atoms with Crippen molar-refractivity contribution in [3.8, 4) is 0 Å². The number of amides is 1. The van der Waals surface area contributed by atoms with Crippen molar-refractivity contribution in [2.24, 2.45) is 0 Å². The van der Waals surface area contributed by atoms with Crippen LogP contribution in [0.4, 0.5) is 24.7 Å². The van der Waals surface area contributed by atoms with Gasteiger partial charge in [-0.3, -0.25) is 9.89 Å². The molecule has 8 nitrogen and oxygen atoms in total. The molecule has 4 rings (SSSR count). The van der Waals surface area contributed by atoms with Gasteiger partial charge in [-0.1, -0.05) is 12.1 Å². The summed E-state index contributed by atoms with van der Waals surface area (Å²) < 4.78 is 39.3. The molecule has 1 aliphatic rings. The molecule has 0 radical (unpaired) electrons. The number of halogens is 3. The average Bonchev–Trinajstić information content (AvgIpc) is 3.22. The van der Waals surface area contributed by atoms with Crippen molar-refractivity contribution in [3.05, 3.63) is 42.4 Å². The first kappa shape index (κ1) is 19.9. The third kappa shape index (κ3) is 4.29. The molecule has 0 aliphatic carbocycles. The second-order valence-corrected chi connectivity index (χ2v) is 7.07. The average molecular weight is 419 g/mol. The van der Waals surface area contributed by atoms with Crippen molar-refractivity contribution < 1.29 is 18.0 Å². The van der Waals surface area contributed by atoms with Gasteiger partial charge in [0.2, 0.25) is 5.91 Å². The molecule has 0 unspecified atom stereocenters. The molecule has 158 valence electrons. The first-order valence-corrected chi connectivity index (χ1v) is 9.50. The molecular weight excluding hydrogens is 399 g/mol. The molecule has 3 aromatic rings. The highest BCUT2D eigenvalue weighted by Gasteiger charge is 2.33. The van der Waals surface area contributed by atoms with E-state index in [4.69, 9.17) is 0 Å². The number of hydrogen-bond donors (Lipinski definition) is 3. The first-order chi connectivity index (χ1) is 14.4. The lowest BCUT2D eigenvalue weighted by molar-refractivity contribution is -0.137. The zero-order chi connectivity index (χ0) is 21.1. The Balaban J connectivity index is 1.38. The lowest BCUT2D eigenvalue weighted by Gasteiger charge is -2.33. The topological polar surface area (TPSA) is 98.8 Å². The molecule has 1 aromatic carbocycles. The normalized spacial score (nSPS) is 17.2. The number of nitrogens with one attached hydrogen (secondary N) is 3. The van der Waals surface area contributed by atoms with E-state index in [0.29, 0.717) is 24.6 Å². The van der Waals surface area contributed by atoms with Crippen LogP contribution in [-0.2, 0) is 11.0 Å². The molecular formula is C19H20F3N7O. The van der Waals surface area contributed by atoms with Gasteiger partial charge in [-0.15, -0.1) is 0 Å². The van der Waals surface area contributed by atoms with E-state index in [1.54, 1.807) is 11.1 Å². The van der Waals surface area contributed by atoms with E-state index >= 15 is 0 Å². The molecule has 0 saturated carbocycles. The number of alkyl halides is 3. The summed E-state index contributed by atoms with van der Waals surface area (Å²) >= 11 is 0. The van der Waals surface area contributed by atoms with Crippen LogP contribution >= 0.6 is 0 Å². The Bertz CT molecular complexity index is 1040. The zero-order valence-corrected chi connectivity index (χ0v) is 15.9. The highest BCUT2D eigenvalue weighted by molar-refractivity contribution is 5.85. The summed E-state index contributed by atoms with van der Waals surface area (Å²) in [7, 11) is 0. The Labute approximate surface area is 169 Å². The second kappa shape index (κ2) is 8.17. The van der Waals surface area contributed by atoms with E-state index in [2.05, 4.69) is 30.8 Å². The Hall–Kier alpha value is -3.37. The van der Waals surface area contributed by atoms with Crippen molar-refractivity contribution in [1.29, 1.82) is 0 Å². The van der Waals surface area contributed by atoms with Crippen LogP contribution in [0.3, 0.4) is 0 Å². The van der Waals surface area contributed by atoms with Gasteiger partial charge in [0.15, 0.2) is 5.65 Å². The lowest BCUT2D eigenvalue weighted by atomic mass is 10.1. The fraction of sp³-hybridized carbons (Fsp3) is 0.368.